The van der Waals surface area contributed by atoms with Crippen molar-refractivity contribution in [3.8, 4) is 11.8 Å². The standard InChI is InChI=1S/C12H10F3N3O4/c1-17-9(21-7-12(13,14)15)16-18(10(17)19)11(20)22-8-5-3-2-4-6-8/h2-6H,7H2,1H3. The Morgan fingerprint density at radius 3 is 2.50 bits per heavy atom. The van der Waals surface area contributed by atoms with Gasteiger partial charge in [-0.1, -0.05) is 18.2 Å². The second-order valence-corrected chi connectivity index (χ2v) is 4.12. The molecule has 0 aliphatic carbocycles. The second kappa shape index (κ2) is 5.92. The normalized spacial score (nSPS) is 11.3. The zero-order valence-electron chi connectivity index (χ0n) is 11.2. The number of benzene rings is 1. The molecule has 0 N–H and O–H groups in total. The summed E-state index contributed by atoms with van der Waals surface area (Å²) in [5.74, 6) is 0.155. The van der Waals surface area contributed by atoms with Crippen molar-refractivity contribution >= 4 is 6.09 Å². The molecule has 118 valence electrons. The molecule has 0 atom stereocenters. The summed E-state index contributed by atoms with van der Waals surface area (Å²) >= 11 is 0. The minimum absolute atomic E-state index is 0.155. The highest BCUT2D eigenvalue weighted by atomic mass is 19.4. The van der Waals surface area contributed by atoms with Crippen LogP contribution in [0.1, 0.15) is 0 Å². The maximum Gasteiger partial charge on any atom is 0.444 e. The van der Waals surface area contributed by atoms with Crippen molar-refractivity contribution in [2.24, 2.45) is 7.05 Å². The van der Waals surface area contributed by atoms with Crippen molar-refractivity contribution in [2.45, 2.75) is 6.18 Å². The van der Waals surface area contributed by atoms with E-state index >= 15 is 0 Å². The number of ether oxygens (including phenoxy) is 2. The fraction of sp³-hybridized carbons (Fsp3) is 0.250. The lowest BCUT2D eigenvalue weighted by Crippen LogP contribution is -2.31. The van der Waals surface area contributed by atoms with Crippen LogP contribution in [0.3, 0.4) is 0 Å². The third kappa shape index (κ3) is 3.65. The van der Waals surface area contributed by atoms with Gasteiger partial charge < -0.3 is 9.47 Å². The molecule has 0 aliphatic rings. The molecule has 2 aromatic rings. The molecule has 0 radical (unpaired) electrons. The Balaban J connectivity index is 2.18. The summed E-state index contributed by atoms with van der Waals surface area (Å²) in [6, 6.07) is 7.17. The van der Waals surface area contributed by atoms with E-state index in [4.69, 9.17) is 4.74 Å². The van der Waals surface area contributed by atoms with Gasteiger partial charge in [-0.25, -0.2) is 14.2 Å². The van der Waals surface area contributed by atoms with Crippen molar-refractivity contribution in [3.05, 3.63) is 40.8 Å². The molecule has 0 unspecified atom stereocenters. The Morgan fingerprint density at radius 1 is 1.27 bits per heavy atom. The van der Waals surface area contributed by atoms with E-state index in [1.807, 2.05) is 0 Å². The fourth-order valence-electron chi connectivity index (χ4n) is 1.44. The molecule has 0 bridgehead atoms. The number of hydrogen-bond donors (Lipinski definition) is 0. The molecule has 0 fully saturated rings. The molecule has 22 heavy (non-hydrogen) atoms. The van der Waals surface area contributed by atoms with E-state index in [2.05, 4.69) is 9.84 Å². The van der Waals surface area contributed by atoms with E-state index in [0.717, 1.165) is 7.05 Å². The lowest BCUT2D eigenvalue weighted by Gasteiger charge is -2.06. The van der Waals surface area contributed by atoms with Crippen molar-refractivity contribution in [2.75, 3.05) is 6.61 Å². The molecule has 2 rings (SSSR count). The monoisotopic (exact) mass is 317 g/mol. The van der Waals surface area contributed by atoms with Crippen LogP contribution in [0.4, 0.5) is 18.0 Å². The summed E-state index contributed by atoms with van der Waals surface area (Å²) in [4.78, 5) is 23.5. The SMILES string of the molecule is Cn1c(OCC(F)(F)F)nn(C(=O)Oc2ccccc2)c1=O. The third-order valence-corrected chi connectivity index (χ3v) is 2.43. The van der Waals surface area contributed by atoms with Gasteiger partial charge in [0.25, 0.3) is 0 Å². The van der Waals surface area contributed by atoms with Gasteiger partial charge in [0.2, 0.25) is 0 Å². The number of aromatic nitrogens is 3. The van der Waals surface area contributed by atoms with E-state index in [1.54, 1.807) is 18.2 Å². The summed E-state index contributed by atoms with van der Waals surface area (Å²) in [5.41, 5.74) is -0.988. The predicted octanol–water partition coefficient (Wildman–Crippen LogP) is 1.57. The van der Waals surface area contributed by atoms with Crippen molar-refractivity contribution in [1.29, 1.82) is 0 Å². The summed E-state index contributed by atoms with van der Waals surface area (Å²) < 4.78 is 46.4. The first-order chi connectivity index (χ1) is 10.3. The molecule has 0 spiro atoms. The molecule has 1 aromatic heterocycles. The highest BCUT2D eigenvalue weighted by Gasteiger charge is 2.30. The Morgan fingerprint density at radius 2 is 1.91 bits per heavy atom. The van der Waals surface area contributed by atoms with Gasteiger partial charge in [-0.05, 0) is 12.1 Å². The lowest BCUT2D eigenvalue weighted by molar-refractivity contribution is -0.155. The Hall–Kier alpha value is -2.78. The number of halogens is 3. The van der Waals surface area contributed by atoms with Gasteiger partial charge in [0.1, 0.15) is 5.75 Å². The van der Waals surface area contributed by atoms with Gasteiger partial charge in [-0.3, -0.25) is 0 Å². The van der Waals surface area contributed by atoms with Crippen molar-refractivity contribution < 1.29 is 27.4 Å². The average Bonchev–Trinajstić information content (AvgIpc) is 2.73. The second-order valence-electron chi connectivity index (χ2n) is 4.12. The first kappa shape index (κ1) is 15.6. The van der Waals surface area contributed by atoms with E-state index in [0.29, 0.717) is 4.57 Å². The van der Waals surface area contributed by atoms with Gasteiger partial charge >= 0.3 is 24.0 Å². The van der Waals surface area contributed by atoms with Crippen LogP contribution < -0.4 is 15.2 Å². The zero-order valence-corrected chi connectivity index (χ0v) is 11.2. The van der Waals surface area contributed by atoms with Gasteiger partial charge in [0, 0.05) is 7.05 Å². The van der Waals surface area contributed by atoms with Crippen LogP contribution in [-0.2, 0) is 7.05 Å². The summed E-state index contributed by atoms with van der Waals surface area (Å²) in [6.07, 6.45) is -5.75. The van der Waals surface area contributed by atoms with Gasteiger partial charge in [-0.2, -0.15) is 13.2 Å². The molecule has 0 amide bonds. The van der Waals surface area contributed by atoms with Gasteiger partial charge in [0.15, 0.2) is 6.61 Å². The molecule has 0 aliphatic heterocycles. The van der Waals surface area contributed by atoms with Crippen LogP contribution >= 0.6 is 0 Å². The Bertz CT molecular complexity index is 721. The maximum absolute atomic E-state index is 12.1. The topological polar surface area (TPSA) is 75.3 Å². The van der Waals surface area contributed by atoms with E-state index < -0.39 is 30.6 Å². The van der Waals surface area contributed by atoms with Crippen molar-refractivity contribution in [1.82, 2.24) is 14.3 Å². The van der Waals surface area contributed by atoms with Crippen LogP contribution in [-0.4, -0.2) is 33.2 Å². The minimum Gasteiger partial charge on any atom is -0.454 e. The molecule has 0 saturated carbocycles. The van der Waals surface area contributed by atoms with Crippen molar-refractivity contribution in [3.63, 3.8) is 0 Å². The summed E-state index contributed by atoms with van der Waals surface area (Å²) in [5, 5.41) is 3.38. The average molecular weight is 317 g/mol. The molecule has 10 heteroatoms. The molecule has 1 aromatic carbocycles. The first-order valence-electron chi connectivity index (χ1n) is 5.91. The highest BCUT2D eigenvalue weighted by Crippen LogP contribution is 2.16. The number of nitrogens with zero attached hydrogens (tertiary/aromatic N) is 3. The molecular formula is C12H10F3N3O4. The Labute approximate surface area is 121 Å². The Kier molecular flexibility index (Phi) is 4.20. The first-order valence-corrected chi connectivity index (χ1v) is 5.91. The van der Waals surface area contributed by atoms with Crippen LogP contribution in [0.2, 0.25) is 0 Å². The van der Waals surface area contributed by atoms with Gasteiger partial charge in [-0.15, -0.1) is 9.78 Å². The number of carbonyl (C=O) groups excluding carboxylic acids is 1. The molecule has 0 saturated heterocycles. The van der Waals surface area contributed by atoms with Crippen LogP contribution in [0.15, 0.2) is 35.1 Å². The highest BCUT2D eigenvalue weighted by molar-refractivity contribution is 5.71. The predicted molar refractivity (Wildman–Crippen MR) is 66.9 cm³/mol. The van der Waals surface area contributed by atoms with Crippen LogP contribution in [0.5, 0.6) is 11.8 Å². The van der Waals surface area contributed by atoms with Crippen LogP contribution in [0, 0.1) is 0 Å². The molecule has 7 nitrogen and oxygen atoms in total. The number of para-hydroxylation sites is 1. The number of alkyl halides is 3. The third-order valence-electron chi connectivity index (χ3n) is 2.43. The fourth-order valence-corrected chi connectivity index (χ4v) is 1.44. The smallest absolute Gasteiger partial charge is 0.444 e. The van der Waals surface area contributed by atoms with E-state index in [1.165, 1.54) is 12.1 Å². The largest absolute Gasteiger partial charge is 0.454 e. The lowest BCUT2D eigenvalue weighted by atomic mass is 10.3. The molecular weight excluding hydrogens is 307 g/mol. The number of hydrogen-bond acceptors (Lipinski definition) is 5. The molecule has 1 heterocycles. The summed E-state index contributed by atoms with van der Waals surface area (Å²) in [6.45, 7) is -1.63. The minimum atomic E-state index is -4.59. The van der Waals surface area contributed by atoms with E-state index in [9.17, 15) is 22.8 Å². The zero-order chi connectivity index (χ0) is 16.3. The quantitative estimate of drug-likeness (QED) is 0.859. The van der Waals surface area contributed by atoms with Crippen LogP contribution in [0.25, 0.3) is 0 Å². The van der Waals surface area contributed by atoms with Gasteiger partial charge in [0.05, 0.1) is 0 Å². The summed E-state index contributed by atoms with van der Waals surface area (Å²) in [7, 11) is 1.12. The number of carbonyl (C=O) groups is 1. The number of rotatable bonds is 3. The van der Waals surface area contributed by atoms with E-state index in [-0.39, 0.29) is 10.4 Å². The maximum atomic E-state index is 12.1.